The molecular formula is C16H13F3N5O3+. The summed E-state index contributed by atoms with van der Waals surface area (Å²) in [6, 6.07) is 5.60. The van der Waals surface area contributed by atoms with Gasteiger partial charge in [0.25, 0.3) is 5.56 Å². The van der Waals surface area contributed by atoms with Crippen LogP contribution in [0.4, 0.5) is 13.2 Å². The topological polar surface area (TPSA) is 94.0 Å². The molecule has 27 heavy (non-hydrogen) atoms. The van der Waals surface area contributed by atoms with E-state index >= 15 is 0 Å². The first-order valence-electron chi connectivity index (χ1n) is 7.60. The smallest absolute Gasteiger partial charge is 0.422 e. The van der Waals surface area contributed by atoms with Crippen LogP contribution in [0.3, 0.4) is 0 Å². The summed E-state index contributed by atoms with van der Waals surface area (Å²) in [6.45, 7) is -1.32. The van der Waals surface area contributed by atoms with Crippen molar-refractivity contribution in [3.63, 3.8) is 0 Å². The minimum atomic E-state index is -4.48. The maximum Gasteiger partial charge on any atom is 0.422 e. The second-order valence-corrected chi connectivity index (χ2v) is 5.46. The van der Waals surface area contributed by atoms with Crippen LogP contribution in [0.15, 0.2) is 53.8 Å². The second kappa shape index (κ2) is 7.40. The first kappa shape index (κ1) is 18.3. The van der Waals surface area contributed by atoms with E-state index in [0.717, 1.165) is 10.3 Å². The highest BCUT2D eigenvalue weighted by Gasteiger charge is 2.28. The number of ether oxygens (including phenoxy) is 1. The van der Waals surface area contributed by atoms with Crippen LogP contribution in [-0.4, -0.2) is 37.7 Å². The van der Waals surface area contributed by atoms with Crippen molar-refractivity contribution in [1.82, 2.24) is 19.7 Å². The van der Waals surface area contributed by atoms with E-state index in [-0.39, 0.29) is 12.1 Å². The molecule has 0 aromatic carbocycles. The highest BCUT2D eigenvalue weighted by atomic mass is 19.4. The van der Waals surface area contributed by atoms with Gasteiger partial charge >= 0.3 is 12.2 Å². The summed E-state index contributed by atoms with van der Waals surface area (Å²) >= 11 is 0. The first-order valence-corrected chi connectivity index (χ1v) is 7.60. The van der Waals surface area contributed by atoms with Gasteiger partial charge in [0, 0.05) is 40.9 Å². The Balaban J connectivity index is 1.79. The Kier molecular flexibility index (Phi) is 5.01. The molecular weight excluding hydrogens is 367 g/mol. The Bertz CT molecular complexity index is 972. The average molecular weight is 380 g/mol. The van der Waals surface area contributed by atoms with Gasteiger partial charge in [-0.1, -0.05) is 0 Å². The van der Waals surface area contributed by atoms with E-state index in [4.69, 9.17) is 0 Å². The molecule has 0 aliphatic rings. The van der Waals surface area contributed by atoms with Gasteiger partial charge in [-0.05, 0) is 11.6 Å². The summed E-state index contributed by atoms with van der Waals surface area (Å²) in [4.78, 5) is 19.4. The Hall–Kier alpha value is -3.50. The maximum absolute atomic E-state index is 12.1. The van der Waals surface area contributed by atoms with E-state index in [9.17, 15) is 23.2 Å². The molecule has 11 heteroatoms. The lowest BCUT2D eigenvalue weighted by atomic mass is 10.2. The third-order valence-corrected chi connectivity index (χ3v) is 3.37. The molecule has 0 radical (unpaired) electrons. The number of alkyl halides is 3. The lowest BCUT2D eigenvalue weighted by Gasteiger charge is -2.08. The van der Waals surface area contributed by atoms with E-state index in [1.54, 1.807) is 12.1 Å². The van der Waals surface area contributed by atoms with Crippen LogP contribution in [0.2, 0.25) is 0 Å². The van der Waals surface area contributed by atoms with E-state index < -0.39 is 18.8 Å². The molecule has 3 aromatic heterocycles. The normalized spacial score (nSPS) is 11.4. The quantitative estimate of drug-likeness (QED) is 0.528. The van der Waals surface area contributed by atoms with Crippen molar-refractivity contribution >= 4 is 0 Å². The predicted molar refractivity (Wildman–Crippen MR) is 84.0 cm³/mol. The molecule has 0 aliphatic carbocycles. The summed E-state index contributed by atoms with van der Waals surface area (Å²) in [5, 5.41) is 13.4. The molecule has 0 saturated carbocycles. The van der Waals surface area contributed by atoms with Gasteiger partial charge in [-0.25, -0.2) is 14.6 Å². The van der Waals surface area contributed by atoms with Crippen molar-refractivity contribution in [3.8, 4) is 17.3 Å². The van der Waals surface area contributed by atoms with Crippen molar-refractivity contribution in [2.75, 3.05) is 6.61 Å². The van der Waals surface area contributed by atoms with E-state index in [2.05, 4.69) is 19.8 Å². The molecule has 3 rings (SSSR count). The van der Waals surface area contributed by atoms with E-state index in [0.29, 0.717) is 11.3 Å². The average Bonchev–Trinajstić information content (AvgIpc) is 2.63. The number of nitrogens with zero attached hydrogens (tertiary/aromatic N) is 5. The molecule has 0 saturated heterocycles. The molecule has 0 spiro atoms. The zero-order chi connectivity index (χ0) is 19.4. The zero-order valence-corrected chi connectivity index (χ0v) is 13.7. The van der Waals surface area contributed by atoms with Crippen LogP contribution in [-0.2, 0) is 6.54 Å². The molecule has 0 amide bonds. The Labute approximate surface area is 150 Å². The van der Waals surface area contributed by atoms with Gasteiger partial charge in [0.1, 0.15) is 0 Å². The second-order valence-electron chi connectivity index (χ2n) is 5.46. The predicted octanol–water partition coefficient (Wildman–Crippen LogP) is 1.21. The number of aromatic nitrogens is 5. The molecule has 0 bridgehead atoms. The summed E-state index contributed by atoms with van der Waals surface area (Å²) in [7, 11) is 0. The van der Waals surface area contributed by atoms with Crippen LogP contribution >= 0.6 is 0 Å². The molecule has 1 N–H and O–H groups in total. The number of hydrogen-bond donors (Lipinski definition) is 1. The lowest BCUT2D eigenvalue weighted by Crippen LogP contribution is -2.29. The Morgan fingerprint density at radius 3 is 2.41 bits per heavy atom. The Morgan fingerprint density at radius 2 is 1.78 bits per heavy atom. The van der Waals surface area contributed by atoms with Crippen molar-refractivity contribution in [2.24, 2.45) is 0 Å². The largest absolute Gasteiger partial charge is 0.454 e. The van der Waals surface area contributed by atoms with Gasteiger partial charge in [0.15, 0.2) is 6.61 Å². The van der Waals surface area contributed by atoms with E-state index in [1.165, 1.54) is 41.6 Å². The number of hydrogen-bond acceptors (Lipinski definition) is 6. The standard InChI is InChI=1S/C16H13F3N5O3/c17-16(18,19)10-27-15-20-7-12(8-21-15)13-1-2-14(25)24(22-13)9-11-3-5-23(26)6-4-11/h1-8,26H,9-10H2/q+1. The molecule has 3 heterocycles. The monoisotopic (exact) mass is 380 g/mol. The molecule has 140 valence electrons. The number of rotatable bonds is 5. The van der Waals surface area contributed by atoms with Gasteiger partial charge in [-0.3, -0.25) is 10.0 Å². The third kappa shape index (κ3) is 5.00. The minimum absolute atomic E-state index is 0.168. The van der Waals surface area contributed by atoms with Crippen molar-refractivity contribution in [3.05, 3.63) is 65.0 Å². The molecule has 0 aliphatic heterocycles. The van der Waals surface area contributed by atoms with Crippen molar-refractivity contribution in [1.29, 1.82) is 0 Å². The Morgan fingerprint density at radius 1 is 1.11 bits per heavy atom. The SMILES string of the molecule is O=c1ccc(-c2cnc(OCC(F)(F)F)nc2)nn1Cc1cc[n+](O)cc1. The summed E-state index contributed by atoms with van der Waals surface area (Å²) in [6.07, 6.45) is 0.862. The molecule has 3 aromatic rings. The lowest BCUT2D eigenvalue weighted by molar-refractivity contribution is -0.904. The van der Waals surface area contributed by atoms with Crippen molar-refractivity contribution < 1.29 is 27.8 Å². The highest BCUT2D eigenvalue weighted by molar-refractivity contribution is 5.55. The number of pyridine rings is 1. The van der Waals surface area contributed by atoms with E-state index in [1.807, 2.05) is 0 Å². The van der Waals surface area contributed by atoms with Crippen LogP contribution in [0, 0.1) is 0 Å². The van der Waals surface area contributed by atoms with Gasteiger partial charge in [-0.2, -0.15) is 18.3 Å². The van der Waals surface area contributed by atoms with Gasteiger partial charge in [0.05, 0.1) is 12.2 Å². The van der Waals surface area contributed by atoms with Crippen LogP contribution in [0.5, 0.6) is 6.01 Å². The van der Waals surface area contributed by atoms with Gasteiger partial charge in [0.2, 0.25) is 12.4 Å². The van der Waals surface area contributed by atoms with Crippen LogP contribution in [0.1, 0.15) is 5.56 Å². The summed E-state index contributed by atoms with van der Waals surface area (Å²) < 4.78 is 42.9. The fourth-order valence-electron chi connectivity index (χ4n) is 2.11. The first-order chi connectivity index (χ1) is 12.8. The van der Waals surface area contributed by atoms with Crippen molar-refractivity contribution in [2.45, 2.75) is 12.7 Å². The zero-order valence-electron chi connectivity index (χ0n) is 13.7. The van der Waals surface area contributed by atoms with Gasteiger partial charge in [-0.15, -0.1) is 0 Å². The minimum Gasteiger partial charge on any atom is -0.454 e. The maximum atomic E-state index is 12.1. The number of halogens is 3. The fraction of sp³-hybridized carbons (Fsp3) is 0.188. The molecule has 0 atom stereocenters. The molecule has 8 nitrogen and oxygen atoms in total. The highest BCUT2D eigenvalue weighted by Crippen LogP contribution is 2.18. The summed E-state index contributed by atoms with van der Waals surface area (Å²) in [5.74, 6) is 0. The fourth-order valence-corrected chi connectivity index (χ4v) is 2.11. The molecule has 0 unspecified atom stereocenters. The van der Waals surface area contributed by atoms with Gasteiger partial charge < -0.3 is 4.74 Å². The van der Waals surface area contributed by atoms with Crippen LogP contribution in [0.25, 0.3) is 11.3 Å². The molecule has 0 fully saturated rings. The third-order valence-electron chi connectivity index (χ3n) is 3.37. The summed E-state index contributed by atoms with van der Waals surface area (Å²) in [5.41, 5.74) is 1.17. The van der Waals surface area contributed by atoms with Crippen LogP contribution < -0.4 is 15.0 Å².